The van der Waals surface area contributed by atoms with Gasteiger partial charge >= 0.3 is 0 Å². The standard InChI is InChI=1S/C25H20ClIN2O3/c1-15-21(14-24(30)28-19-9-5-17(26)6-10-19)22-13-20(32-2)11-12-23(22)29(15)25(31)16-3-7-18(27)8-4-16/h3-13H,14H2,1-2H3,(H,28,30). The minimum Gasteiger partial charge on any atom is -0.497 e. The van der Waals surface area contributed by atoms with Crippen LogP contribution in [-0.4, -0.2) is 23.5 Å². The number of hydrogen-bond donors (Lipinski definition) is 1. The van der Waals surface area contributed by atoms with Crippen molar-refractivity contribution in [1.29, 1.82) is 0 Å². The molecule has 1 N–H and O–H groups in total. The van der Waals surface area contributed by atoms with E-state index in [0.29, 0.717) is 22.0 Å². The summed E-state index contributed by atoms with van der Waals surface area (Å²) in [7, 11) is 1.59. The van der Waals surface area contributed by atoms with Gasteiger partial charge in [0.15, 0.2) is 0 Å². The molecule has 0 unspecified atom stereocenters. The summed E-state index contributed by atoms with van der Waals surface area (Å²) in [6.07, 6.45) is 0.116. The van der Waals surface area contributed by atoms with E-state index in [2.05, 4.69) is 27.9 Å². The molecule has 32 heavy (non-hydrogen) atoms. The van der Waals surface area contributed by atoms with Gasteiger partial charge in [0, 0.05) is 30.9 Å². The van der Waals surface area contributed by atoms with Gasteiger partial charge in [0.05, 0.1) is 19.0 Å². The molecule has 0 aliphatic heterocycles. The highest BCUT2D eigenvalue weighted by Crippen LogP contribution is 2.31. The molecule has 0 aliphatic carbocycles. The number of nitrogens with zero attached hydrogens (tertiary/aromatic N) is 1. The van der Waals surface area contributed by atoms with Gasteiger partial charge in [-0.3, -0.25) is 14.2 Å². The molecule has 0 aliphatic rings. The summed E-state index contributed by atoms with van der Waals surface area (Å²) in [5, 5.41) is 4.30. The number of fused-ring (bicyclic) bond motifs is 1. The molecule has 0 bridgehead atoms. The summed E-state index contributed by atoms with van der Waals surface area (Å²) >= 11 is 8.13. The van der Waals surface area contributed by atoms with E-state index in [-0.39, 0.29) is 18.2 Å². The first-order chi connectivity index (χ1) is 15.4. The number of aromatic nitrogens is 1. The highest BCUT2D eigenvalue weighted by atomic mass is 127. The van der Waals surface area contributed by atoms with Crippen molar-refractivity contribution in [2.75, 3.05) is 12.4 Å². The average molecular weight is 559 g/mol. The molecular weight excluding hydrogens is 539 g/mol. The molecule has 1 aromatic heterocycles. The van der Waals surface area contributed by atoms with Crippen LogP contribution in [0.15, 0.2) is 66.7 Å². The van der Waals surface area contributed by atoms with Crippen LogP contribution in [0.5, 0.6) is 5.75 Å². The van der Waals surface area contributed by atoms with Crippen molar-refractivity contribution in [2.24, 2.45) is 0 Å². The van der Waals surface area contributed by atoms with Crippen LogP contribution in [0, 0.1) is 10.5 Å². The van der Waals surface area contributed by atoms with Crippen LogP contribution in [-0.2, 0) is 11.2 Å². The predicted molar refractivity (Wildman–Crippen MR) is 136 cm³/mol. The lowest BCUT2D eigenvalue weighted by molar-refractivity contribution is -0.115. The molecule has 0 saturated heterocycles. The Kier molecular flexibility index (Phi) is 6.53. The fourth-order valence-corrected chi connectivity index (χ4v) is 4.18. The molecule has 0 fully saturated rings. The van der Waals surface area contributed by atoms with Crippen LogP contribution < -0.4 is 10.1 Å². The summed E-state index contributed by atoms with van der Waals surface area (Å²) in [6.45, 7) is 1.86. The summed E-state index contributed by atoms with van der Waals surface area (Å²) in [6, 6.07) is 19.9. The first kappa shape index (κ1) is 22.4. The van der Waals surface area contributed by atoms with Crippen molar-refractivity contribution >= 4 is 62.6 Å². The monoisotopic (exact) mass is 558 g/mol. The second kappa shape index (κ2) is 9.34. The quantitative estimate of drug-likeness (QED) is 0.302. The fourth-order valence-electron chi connectivity index (χ4n) is 3.69. The minimum atomic E-state index is -0.181. The third kappa shape index (κ3) is 4.52. The Hall–Kier alpha value is -2.84. The second-order valence-electron chi connectivity index (χ2n) is 7.33. The van der Waals surface area contributed by atoms with Gasteiger partial charge in [-0.15, -0.1) is 0 Å². The predicted octanol–water partition coefficient (Wildman–Crippen LogP) is 6.09. The molecule has 0 spiro atoms. The lowest BCUT2D eigenvalue weighted by Gasteiger charge is -2.08. The van der Waals surface area contributed by atoms with Crippen LogP contribution >= 0.6 is 34.2 Å². The van der Waals surface area contributed by atoms with Crippen LogP contribution in [0.1, 0.15) is 21.6 Å². The van der Waals surface area contributed by atoms with Crippen LogP contribution in [0.3, 0.4) is 0 Å². The van der Waals surface area contributed by atoms with E-state index in [0.717, 1.165) is 25.7 Å². The van der Waals surface area contributed by atoms with Crippen LogP contribution in [0.4, 0.5) is 5.69 Å². The molecule has 0 atom stereocenters. The lowest BCUT2D eigenvalue weighted by atomic mass is 10.1. The van der Waals surface area contributed by atoms with Crippen LogP contribution in [0.25, 0.3) is 10.9 Å². The van der Waals surface area contributed by atoms with Gasteiger partial charge in [-0.25, -0.2) is 0 Å². The van der Waals surface area contributed by atoms with Crippen molar-refractivity contribution < 1.29 is 14.3 Å². The summed E-state index contributed by atoms with van der Waals surface area (Å²) in [5.41, 5.74) is 3.49. The van der Waals surface area contributed by atoms with Crippen molar-refractivity contribution in [3.8, 4) is 5.75 Å². The number of anilines is 1. The highest BCUT2D eigenvalue weighted by molar-refractivity contribution is 14.1. The number of halogens is 2. The number of hydrogen-bond acceptors (Lipinski definition) is 3. The smallest absolute Gasteiger partial charge is 0.262 e. The first-order valence-corrected chi connectivity index (χ1v) is 11.4. The zero-order chi connectivity index (χ0) is 22.8. The van der Waals surface area contributed by atoms with Crippen molar-refractivity contribution in [2.45, 2.75) is 13.3 Å². The lowest BCUT2D eigenvalue weighted by Crippen LogP contribution is -2.16. The highest BCUT2D eigenvalue weighted by Gasteiger charge is 2.22. The van der Waals surface area contributed by atoms with E-state index < -0.39 is 0 Å². The number of ether oxygens (including phenoxy) is 1. The molecule has 162 valence electrons. The van der Waals surface area contributed by atoms with E-state index in [1.165, 1.54) is 0 Å². The fraction of sp³-hybridized carbons (Fsp3) is 0.120. The maximum Gasteiger partial charge on any atom is 0.262 e. The molecule has 0 saturated carbocycles. The molecule has 1 amide bonds. The second-order valence-corrected chi connectivity index (χ2v) is 9.01. The third-order valence-electron chi connectivity index (χ3n) is 5.30. The van der Waals surface area contributed by atoms with E-state index in [9.17, 15) is 9.59 Å². The Morgan fingerprint density at radius 2 is 1.72 bits per heavy atom. The first-order valence-electron chi connectivity index (χ1n) is 9.91. The zero-order valence-electron chi connectivity index (χ0n) is 17.5. The average Bonchev–Trinajstić information content (AvgIpc) is 3.06. The van der Waals surface area contributed by atoms with Gasteiger partial charge in [-0.05, 0) is 102 Å². The minimum absolute atomic E-state index is 0.116. The molecular formula is C25H20ClIN2O3. The molecule has 7 heteroatoms. The normalized spacial score (nSPS) is 10.9. The van der Waals surface area contributed by atoms with Crippen molar-refractivity contribution in [3.63, 3.8) is 0 Å². The molecule has 1 heterocycles. The largest absolute Gasteiger partial charge is 0.497 e. The number of carbonyl (C=O) groups is 2. The maximum atomic E-state index is 13.4. The van der Waals surface area contributed by atoms with Crippen molar-refractivity contribution in [1.82, 2.24) is 4.57 Å². The third-order valence-corrected chi connectivity index (χ3v) is 6.27. The SMILES string of the molecule is COc1ccc2c(c1)c(CC(=O)Nc1ccc(Cl)cc1)c(C)n2C(=O)c1ccc(I)cc1. The van der Waals surface area contributed by atoms with E-state index in [1.807, 2.05) is 49.4 Å². The van der Waals surface area contributed by atoms with Gasteiger partial charge in [-0.2, -0.15) is 0 Å². The van der Waals surface area contributed by atoms with Gasteiger partial charge in [-0.1, -0.05) is 11.6 Å². The number of nitrogens with one attached hydrogen (secondary N) is 1. The Labute approximate surface area is 204 Å². The molecule has 5 nitrogen and oxygen atoms in total. The Balaban J connectivity index is 1.75. The maximum absolute atomic E-state index is 13.4. The number of benzene rings is 3. The molecule has 3 aromatic carbocycles. The van der Waals surface area contributed by atoms with E-state index in [1.54, 1.807) is 35.9 Å². The van der Waals surface area contributed by atoms with Gasteiger partial charge in [0.2, 0.25) is 5.91 Å². The van der Waals surface area contributed by atoms with Gasteiger partial charge in [0.1, 0.15) is 5.75 Å². The number of methoxy groups -OCH3 is 1. The Morgan fingerprint density at radius 3 is 2.38 bits per heavy atom. The van der Waals surface area contributed by atoms with Crippen LogP contribution in [0.2, 0.25) is 5.02 Å². The van der Waals surface area contributed by atoms with E-state index >= 15 is 0 Å². The number of amides is 1. The van der Waals surface area contributed by atoms with Gasteiger partial charge in [0.25, 0.3) is 5.91 Å². The number of rotatable bonds is 5. The summed E-state index contributed by atoms with van der Waals surface area (Å²) < 4.78 is 8.11. The molecule has 4 aromatic rings. The topological polar surface area (TPSA) is 60.3 Å². The summed E-state index contributed by atoms with van der Waals surface area (Å²) in [5.74, 6) is 0.341. The zero-order valence-corrected chi connectivity index (χ0v) is 20.4. The van der Waals surface area contributed by atoms with Gasteiger partial charge < -0.3 is 10.1 Å². The summed E-state index contributed by atoms with van der Waals surface area (Å²) in [4.78, 5) is 26.2. The van der Waals surface area contributed by atoms with E-state index in [4.69, 9.17) is 16.3 Å². The Bertz CT molecular complexity index is 1310. The number of carbonyl (C=O) groups excluding carboxylic acids is 2. The molecule has 0 radical (unpaired) electrons. The molecule has 4 rings (SSSR count). The Morgan fingerprint density at radius 1 is 1.03 bits per heavy atom. The van der Waals surface area contributed by atoms with Crippen molar-refractivity contribution in [3.05, 3.63) is 92.1 Å².